The van der Waals surface area contributed by atoms with E-state index < -0.39 is 0 Å². The van der Waals surface area contributed by atoms with E-state index in [9.17, 15) is 4.79 Å². The molecule has 1 amide bonds. The maximum absolute atomic E-state index is 12.0. The third-order valence-electron chi connectivity index (χ3n) is 2.29. The lowest BCUT2D eigenvalue weighted by atomic mass is 10.2. The molecule has 0 radical (unpaired) electrons. The molecule has 0 aliphatic heterocycles. The normalized spacial score (nSPS) is 9.84. The molecule has 0 atom stereocenters. The minimum atomic E-state index is -0.254. The Balaban J connectivity index is 2.15. The third-order valence-corrected chi connectivity index (χ3v) is 3.44. The van der Waals surface area contributed by atoms with Crippen LogP contribution in [0.2, 0.25) is 0 Å². The Morgan fingerprint density at radius 3 is 3.00 bits per heavy atom. The van der Waals surface area contributed by atoms with Crippen molar-refractivity contribution in [2.75, 3.05) is 11.9 Å². The number of nitrogens with one attached hydrogen (secondary N) is 1. The molecule has 0 spiro atoms. The number of thiophene rings is 1. The summed E-state index contributed by atoms with van der Waals surface area (Å²) in [5.41, 5.74) is 7.00. The largest absolute Gasteiger partial charge is 0.432 e. The van der Waals surface area contributed by atoms with Gasteiger partial charge in [-0.25, -0.2) is 0 Å². The van der Waals surface area contributed by atoms with Crippen molar-refractivity contribution in [1.29, 1.82) is 0 Å². The number of carbonyl (C=O) groups is 1. The molecule has 0 aromatic carbocycles. The van der Waals surface area contributed by atoms with E-state index in [4.69, 9.17) is 10.2 Å². The van der Waals surface area contributed by atoms with Gasteiger partial charge in [-0.1, -0.05) is 11.8 Å². The number of carbonyl (C=O) groups excluding carboxylic acids is 1. The first-order chi connectivity index (χ1) is 9.10. The van der Waals surface area contributed by atoms with E-state index in [0.29, 0.717) is 17.1 Å². The second-order valence-electron chi connectivity index (χ2n) is 3.88. The number of nitrogens with zero attached hydrogens (tertiary/aromatic N) is 1. The summed E-state index contributed by atoms with van der Waals surface area (Å²) in [6.45, 7) is 3.99. The molecule has 0 saturated carbocycles. The van der Waals surface area contributed by atoms with Gasteiger partial charge in [0, 0.05) is 0 Å². The highest BCUT2D eigenvalue weighted by atomic mass is 32.1. The van der Waals surface area contributed by atoms with Crippen molar-refractivity contribution in [3.8, 4) is 11.8 Å². The summed E-state index contributed by atoms with van der Waals surface area (Å²) in [5.74, 6) is 5.46. The Kier molecular flexibility index (Phi) is 4.00. The summed E-state index contributed by atoms with van der Waals surface area (Å²) in [6, 6.07) is 1.99. The highest BCUT2D eigenvalue weighted by Gasteiger charge is 2.13. The van der Waals surface area contributed by atoms with Gasteiger partial charge in [-0.3, -0.25) is 10.1 Å². The van der Waals surface area contributed by atoms with Crippen LogP contribution in [0, 0.1) is 25.7 Å². The molecule has 0 unspecified atom stereocenters. The lowest BCUT2D eigenvalue weighted by molar-refractivity contribution is 0.102. The van der Waals surface area contributed by atoms with Crippen LogP contribution in [0.25, 0.3) is 0 Å². The van der Waals surface area contributed by atoms with E-state index in [0.717, 1.165) is 10.4 Å². The van der Waals surface area contributed by atoms with Gasteiger partial charge in [0.05, 0.1) is 22.0 Å². The number of rotatable bonds is 2. The molecule has 5 nitrogen and oxygen atoms in total. The van der Waals surface area contributed by atoms with Crippen molar-refractivity contribution >= 4 is 23.3 Å². The van der Waals surface area contributed by atoms with Crippen LogP contribution in [-0.2, 0) is 0 Å². The minimum absolute atomic E-state index is 0.197. The summed E-state index contributed by atoms with van der Waals surface area (Å²) in [4.78, 5) is 17.4. The Hall–Kier alpha value is -2.10. The molecule has 98 valence electrons. The van der Waals surface area contributed by atoms with Gasteiger partial charge in [-0.15, -0.1) is 11.3 Å². The van der Waals surface area contributed by atoms with E-state index in [1.54, 1.807) is 13.0 Å². The van der Waals surface area contributed by atoms with E-state index in [1.165, 1.54) is 17.6 Å². The quantitative estimate of drug-likeness (QED) is 0.820. The van der Waals surface area contributed by atoms with Gasteiger partial charge in [-0.2, -0.15) is 4.98 Å². The first-order valence-electron chi connectivity index (χ1n) is 5.63. The molecule has 2 heterocycles. The number of hydrogen-bond donors (Lipinski definition) is 2. The maximum atomic E-state index is 12.0. The average molecular weight is 275 g/mol. The Labute approximate surface area is 114 Å². The molecule has 3 N–H and O–H groups in total. The molecule has 0 saturated heterocycles. The molecule has 0 aliphatic carbocycles. The monoisotopic (exact) mass is 275 g/mol. The Bertz CT molecular complexity index is 661. The lowest BCUT2D eigenvalue weighted by Crippen LogP contribution is -2.10. The fourth-order valence-corrected chi connectivity index (χ4v) is 2.36. The topological polar surface area (TPSA) is 81.2 Å². The first kappa shape index (κ1) is 13.3. The van der Waals surface area contributed by atoms with Crippen molar-refractivity contribution in [2.45, 2.75) is 13.8 Å². The Morgan fingerprint density at radius 1 is 1.58 bits per heavy atom. The zero-order valence-corrected chi connectivity index (χ0v) is 11.4. The van der Waals surface area contributed by atoms with Gasteiger partial charge < -0.3 is 10.2 Å². The number of hydrogen-bond acceptors (Lipinski definition) is 5. The molecule has 0 bridgehead atoms. The molecule has 2 aromatic heterocycles. The average Bonchev–Trinajstić information content (AvgIpc) is 2.93. The summed E-state index contributed by atoms with van der Waals surface area (Å²) in [5, 5.41) is 2.60. The van der Waals surface area contributed by atoms with Crippen LogP contribution in [-0.4, -0.2) is 17.4 Å². The smallest absolute Gasteiger partial charge is 0.301 e. The maximum Gasteiger partial charge on any atom is 0.301 e. The molecule has 2 aromatic rings. The number of nitrogens with two attached hydrogens (primary N) is 1. The van der Waals surface area contributed by atoms with E-state index in [-0.39, 0.29) is 11.9 Å². The van der Waals surface area contributed by atoms with Crippen LogP contribution in [0.4, 0.5) is 6.01 Å². The summed E-state index contributed by atoms with van der Waals surface area (Å²) in [7, 11) is 0. The van der Waals surface area contributed by atoms with Gasteiger partial charge in [0.2, 0.25) is 0 Å². The molecule has 0 fully saturated rings. The Morgan fingerprint density at radius 2 is 2.37 bits per heavy atom. The van der Waals surface area contributed by atoms with Gasteiger partial charge in [0.25, 0.3) is 5.91 Å². The molecule has 2 rings (SSSR count). The van der Waals surface area contributed by atoms with Crippen molar-refractivity contribution in [3.05, 3.63) is 33.3 Å². The molecule has 0 aliphatic rings. The van der Waals surface area contributed by atoms with Crippen molar-refractivity contribution in [1.82, 2.24) is 4.98 Å². The lowest BCUT2D eigenvalue weighted by Gasteiger charge is -1.96. The van der Waals surface area contributed by atoms with E-state index in [2.05, 4.69) is 22.1 Å². The number of aryl methyl sites for hydroxylation is 2. The molecule has 6 heteroatoms. The predicted molar refractivity (Wildman–Crippen MR) is 74.2 cm³/mol. The summed E-state index contributed by atoms with van der Waals surface area (Å²) >= 11 is 1.32. The van der Waals surface area contributed by atoms with Gasteiger partial charge >= 0.3 is 6.01 Å². The van der Waals surface area contributed by atoms with Crippen LogP contribution in [0.5, 0.6) is 0 Å². The summed E-state index contributed by atoms with van der Waals surface area (Å²) < 4.78 is 5.08. The van der Waals surface area contributed by atoms with E-state index in [1.807, 2.05) is 6.92 Å². The number of anilines is 1. The highest BCUT2D eigenvalue weighted by Crippen LogP contribution is 2.22. The van der Waals surface area contributed by atoms with Crippen molar-refractivity contribution in [3.63, 3.8) is 0 Å². The number of aromatic nitrogens is 1. The molecular formula is C13H13N3O2S. The van der Waals surface area contributed by atoms with Crippen LogP contribution >= 0.6 is 11.3 Å². The second-order valence-corrected chi connectivity index (χ2v) is 4.93. The number of amides is 1. The third kappa shape index (κ3) is 3.22. The van der Waals surface area contributed by atoms with Gasteiger partial charge in [0.1, 0.15) is 6.26 Å². The fourth-order valence-electron chi connectivity index (χ4n) is 1.42. The fraction of sp³-hybridized carbons (Fsp3) is 0.231. The summed E-state index contributed by atoms with van der Waals surface area (Å²) in [6.07, 6.45) is 1.48. The highest BCUT2D eigenvalue weighted by molar-refractivity contribution is 7.14. The van der Waals surface area contributed by atoms with Crippen LogP contribution in [0.15, 0.2) is 16.7 Å². The van der Waals surface area contributed by atoms with Crippen LogP contribution in [0.3, 0.4) is 0 Å². The SMILES string of the molecule is Cc1coc(NC(=O)c2cc(C)c(C#CCN)s2)n1. The second kappa shape index (κ2) is 5.69. The standard InChI is InChI=1S/C13H13N3O2S/c1-8-6-11(19-10(8)4-3-5-14)12(17)16-13-15-9(2)7-18-13/h6-7H,5,14H2,1-2H3,(H,15,16,17). The zero-order chi connectivity index (χ0) is 13.8. The number of oxazole rings is 1. The van der Waals surface area contributed by atoms with Crippen molar-refractivity contribution in [2.24, 2.45) is 5.73 Å². The van der Waals surface area contributed by atoms with Crippen LogP contribution < -0.4 is 11.1 Å². The van der Waals surface area contributed by atoms with Gasteiger partial charge in [0.15, 0.2) is 0 Å². The predicted octanol–water partition coefficient (Wildman–Crippen LogP) is 1.92. The zero-order valence-electron chi connectivity index (χ0n) is 10.6. The minimum Gasteiger partial charge on any atom is -0.432 e. The first-order valence-corrected chi connectivity index (χ1v) is 6.44. The van der Waals surface area contributed by atoms with Crippen molar-refractivity contribution < 1.29 is 9.21 Å². The van der Waals surface area contributed by atoms with E-state index >= 15 is 0 Å². The van der Waals surface area contributed by atoms with Crippen LogP contribution in [0.1, 0.15) is 25.8 Å². The molecule has 19 heavy (non-hydrogen) atoms. The molecular weight excluding hydrogens is 262 g/mol. The van der Waals surface area contributed by atoms with Gasteiger partial charge in [-0.05, 0) is 25.5 Å².